The predicted molar refractivity (Wildman–Crippen MR) is 154 cm³/mol. The minimum absolute atomic E-state index is 0.0500. The van der Waals surface area contributed by atoms with E-state index >= 15 is 0 Å². The van der Waals surface area contributed by atoms with Gasteiger partial charge in [-0.15, -0.1) is 0 Å². The van der Waals surface area contributed by atoms with Crippen molar-refractivity contribution in [1.29, 1.82) is 0 Å². The summed E-state index contributed by atoms with van der Waals surface area (Å²) in [7, 11) is 0. The SMILES string of the molecule is CCCN(CCc1ccncc1)C(=O)c1ccccc1-c1ccccc1C(=O)NC(CCO)c1ccccc1. The van der Waals surface area contributed by atoms with E-state index in [9.17, 15) is 14.7 Å². The van der Waals surface area contributed by atoms with Crippen LogP contribution in [0.1, 0.15) is 57.7 Å². The van der Waals surface area contributed by atoms with Gasteiger partial charge in [-0.05, 0) is 65.8 Å². The fraction of sp³-hybridized carbons (Fsp3) is 0.242. The molecule has 4 rings (SSSR count). The third-order valence-corrected chi connectivity index (χ3v) is 6.74. The molecule has 6 nitrogen and oxygen atoms in total. The highest BCUT2D eigenvalue weighted by Gasteiger charge is 2.23. The number of aromatic nitrogens is 1. The summed E-state index contributed by atoms with van der Waals surface area (Å²) in [4.78, 5) is 33.4. The van der Waals surface area contributed by atoms with Gasteiger partial charge in [-0.2, -0.15) is 0 Å². The van der Waals surface area contributed by atoms with Crippen molar-refractivity contribution in [3.8, 4) is 11.1 Å². The Morgan fingerprint density at radius 1 is 0.821 bits per heavy atom. The van der Waals surface area contributed by atoms with Gasteiger partial charge in [0.2, 0.25) is 0 Å². The monoisotopic (exact) mass is 521 g/mol. The maximum atomic E-state index is 13.9. The van der Waals surface area contributed by atoms with Gasteiger partial charge in [0, 0.05) is 43.2 Å². The Labute approximate surface area is 230 Å². The van der Waals surface area contributed by atoms with Crippen molar-refractivity contribution in [2.75, 3.05) is 19.7 Å². The minimum atomic E-state index is -0.332. The molecule has 0 spiro atoms. The summed E-state index contributed by atoms with van der Waals surface area (Å²) in [6, 6.07) is 28.1. The van der Waals surface area contributed by atoms with E-state index in [4.69, 9.17) is 0 Å². The highest BCUT2D eigenvalue weighted by atomic mass is 16.3. The molecule has 0 saturated carbocycles. The van der Waals surface area contributed by atoms with Crippen molar-refractivity contribution in [3.05, 3.63) is 126 Å². The molecule has 0 saturated heterocycles. The van der Waals surface area contributed by atoms with E-state index in [1.165, 1.54) is 0 Å². The number of pyridine rings is 1. The molecule has 1 atom stereocenters. The molecule has 1 unspecified atom stereocenters. The lowest BCUT2D eigenvalue weighted by atomic mass is 9.93. The average Bonchev–Trinajstić information content (AvgIpc) is 2.99. The first kappa shape index (κ1) is 27.7. The number of aliphatic hydroxyl groups is 1. The molecule has 0 aliphatic carbocycles. The molecule has 39 heavy (non-hydrogen) atoms. The Morgan fingerprint density at radius 3 is 2.10 bits per heavy atom. The lowest BCUT2D eigenvalue weighted by Crippen LogP contribution is -2.34. The summed E-state index contributed by atoms with van der Waals surface area (Å²) in [5.74, 6) is -0.308. The average molecular weight is 522 g/mol. The number of benzene rings is 3. The molecular formula is C33H35N3O3. The largest absolute Gasteiger partial charge is 0.396 e. The van der Waals surface area contributed by atoms with Crippen molar-refractivity contribution in [3.63, 3.8) is 0 Å². The highest BCUT2D eigenvalue weighted by molar-refractivity contribution is 6.06. The molecule has 200 valence electrons. The maximum Gasteiger partial charge on any atom is 0.254 e. The van der Waals surface area contributed by atoms with Gasteiger partial charge in [-0.3, -0.25) is 14.6 Å². The van der Waals surface area contributed by atoms with Gasteiger partial charge < -0.3 is 15.3 Å². The Balaban J connectivity index is 1.62. The van der Waals surface area contributed by atoms with Crippen LogP contribution in [0, 0.1) is 0 Å². The standard InChI is InChI=1S/C33H35N3O3/c1-2-22-36(23-18-25-16-20-34-21-17-25)33(39)30-15-9-7-13-28(30)27-12-6-8-14-29(27)32(38)35-31(19-24-37)26-10-4-3-5-11-26/h3-17,20-21,31,37H,2,18-19,22-24H2,1H3,(H,35,38). The van der Waals surface area contributed by atoms with Crippen LogP contribution in [0.15, 0.2) is 103 Å². The number of nitrogens with zero attached hydrogens (tertiary/aromatic N) is 2. The van der Waals surface area contributed by atoms with Crippen molar-refractivity contribution in [2.45, 2.75) is 32.2 Å². The summed E-state index contributed by atoms with van der Waals surface area (Å²) < 4.78 is 0. The number of rotatable bonds is 12. The minimum Gasteiger partial charge on any atom is -0.396 e. The van der Waals surface area contributed by atoms with Crippen LogP contribution in [-0.4, -0.2) is 46.5 Å². The fourth-order valence-electron chi connectivity index (χ4n) is 4.76. The first-order chi connectivity index (χ1) is 19.1. The van der Waals surface area contributed by atoms with Crippen molar-refractivity contribution in [2.24, 2.45) is 0 Å². The molecular weight excluding hydrogens is 486 g/mol. The van der Waals surface area contributed by atoms with Gasteiger partial charge in [0.05, 0.1) is 6.04 Å². The van der Waals surface area contributed by atoms with E-state index < -0.39 is 0 Å². The summed E-state index contributed by atoms with van der Waals surface area (Å²) in [6.45, 7) is 3.24. The van der Waals surface area contributed by atoms with Gasteiger partial charge >= 0.3 is 0 Å². The number of hydrogen-bond acceptors (Lipinski definition) is 4. The summed E-state index contributed by atoms with van der Waals surface area (Å²) in [6.07, 6.45) is 5.51. The van der Waals surface area contributed by atoms with Crippen LogP contribution in [0.3, 0.4) is 0 Å². The molecule has 0 aliphatic heterocycles. The fourth-order valence-corrected chi connectivity index (χ4v) is 4.76. The highest BCUT2D eigenvalue weighted by Crippen LogP contribution is 2.29. The molecule has 1 heterocycles. The molecule has 0 radical (unpaired) electrons. The second-order valence-electron chi connectivity index (χ2n) is 9.44. The van der Waals surface area contributed by atoms with E-state index in [1.54, 1.807) is 18.5 Å². The van der Waals surface area contributed by atoms with E-state index in [0.717, 1.165) is 29.5 Å². The Kier molecular flexibility index (Phi) is 9.98. The van der Waals surface area contributed by atoms with E-state index in [0.29, 0.717) is 36.2 Å². The van der Waals surface area contributed by atoms with E-state index in [1.807, 2.05) is 89.8 Å². The second kappa shape index (κ2) is 14.0. The number of hydrogen-bond donors (Lipinski definition) is 2. The van der Waals surface area contributed by atoms with Crippen LogP contribution >= 0.6 is 0 Å². The number of carbonyl (C=O) groups is 2. The number of aliphatic hydroxyl groups excluding tert-OH is 1. The molecule has 3 aromatic carbocycles. The van der Waals surface area contributed by atoms with Crippen molar-refractivity contribution < 1.29 is 14.7 Å². The van der Waals surface area contributed by atoms with Crippen molar-refractivity contribution >= 4 is 11.8 Å². The molecule has 2 N–H and O–H groups in total. The third kappa shape index (κ3) is 7.18. The first-order valence-electron chi connectivity index (χ1n) is 13.5. The number of carbonyl (C=O) groups excluding carboxylic acids is 2. The third-order valence-electron chi connectivity index (χ3n) is 6.74. The smallest absolute Gasteiger partial charge is 0.254 e. The van der Waals surface area contributed by atoms with E-state index in [-0.39, 0.29) is 24.5 Å². The molecule has 4 aromatic rings. The Hall–Kier alpha value is -4.29. The van der Waals surface area contributed by atoms with Gasteiger partial charge in [0.1, 0.15) is 0 Å². The van der Waals surface area contributed by atoms with Crippen LogP contribution in [0.25, 0.3) is 11.1 Å². The van der Waals surface area contributed by atoms with Gasteiger partial charge in [0.15, 0.2) is 0 Å². The normalized spacial score (nSPS) is 11.5. The lowest BCUT2D eigenvalue weighted by Gasteiger charge is -2.24. The first-order valence-corrected chi connectivity index (χ1v) is 13.5. The zero-order chi connectivity index (χ0) is 27.5. The second-order valence-corrected chi connectivity index (χ2v) is 9.44. The van der Waals surface area contributed by atoms with Gasteiger partial charge in [-0.1, -0.05) is 73.7 Å². The molecule has 0 bridgehead atoms. The summed E-state index contributed by atoms with van der Waals surface area (Å²) in [5, 5.41) is 12.7. The van der Waals surface area contributed by atoms with Crippen LogP contribution in [0.4, 0.5) is 0 Å². The zero-order valence-corrected chi connectivity index (χ0v) is 22.3. The number of amides is 2. The lowest BCUT2D eigenvalue weighted by molar-refractivity contribution is 0.0757. The molecule has 2 amide bonds. The topological polar surface area (TPSA) is 82.5 Å². The maximum absolute atomic E-state index is 13.9. The van der Waals surface area contributed by atoms with Crippen LogP contribution in [0.5, 0.6) is 0 Å². The summed E-state index contributed by atoms with van der Waals surface area (Å²) >= 11 is 0. The van der Waals surface area contributed by atoms with Crippen LogP contribution in [-0.2, 0) is 6.42 Å². The van der Waals surface area contributed by atoms with Gasteiger partial charge in [-0.25, -0.2) is 0 Å². The van der Waals surface area contributed by atoms with Crippen LogP contribution < -0.4 is 5.32 Å². The molecule has 1 aromatic heterocycles. The zero-order valence-electron chi connectivity index (χ0n) is 22.3. The van der Waals surface area contributed by atoms with E-state index in [2.05, 4.69) is 17.2 Å². The van der Waals surface area contributed by atoms with Crippen molar-refractivity contribution in [1.82, 2.24) is 15.2 Å². The number of nitrogens with one attached hydrogen (secondary N) is 1. The Bertz CT molecular complexity index is 1360. The van der Waals surface area contributed by atoms with Gasteiger partial charge in [0.25, 0.3) is 11.8 Å². The van der Waals surface area contributed by atoms with Crippen LogP contribution in [0.2, 0.25) is 0 Å². The molecule has 0 aliphatic rings. The molecule has 6 heteroatoms. The predicted octanol–water partition coefficient (Wildman–Crippen LogP) is 5.70. The Morgan fingerprint density at radius 2 is 1.44 bits per heavy atom. The summed E-state index contributed by atoms with van der Waals surface area (Å²) in [5.41, 5.74) is 4.52. The quantitative estimate of drug-likeness (QED) is 0.251. The molecule has 0 fully saturated rings.